The molecule has 0 saturated carbocycles. The fourth-order valence-corrected chi connectivity index (χ4v) is 1.38. The molecule has 2 heterocycles. The van der Waals surface area contributed by atoms with Gasteiger partial charge in [0, 0.05) is 6.20 Å². The molecule has 0 aliphatic rings. The molecule has 0 aliphatic carbocycles. The highest BCUT2D eigenvalue weighted by Crippen LogP contribution is 2.20. The molecule has 5 heteroatoms. The van der Waals surface area contributed by atoms with Gasteiger partial charge in [-0.1, -0.05) is 11.6 Å². The van der Waals surface area contributed by atoms with E-state index in [0.717, 1.165) is 5.52 Å². The average Bonchev–Trinajstić information content (AvgIpc) is 2.59. The minimum absolute atomic E-state index is 0.251. The Kier molecular flexibility index (Phi) is 2.13. The molecular weight excluding hydrogens is 204 g/mol. The zero-order chi connectivity index (χ0) is 10.1. The Labute approximate surface area is 84.9 Å². The van der Waals surface area contributed by atoms with Crippen LogP contribution in [0.4, 0.5) is 0 Å². The molecule has 0 fully saturated rings. The Morgan fingerprint density at radius 2 is 2.36 bits per heavy atom. The number of pyridine rings is 1. The fourth-order valence-electron chi connectivity index (χ4n) is 1.19. The molecule has 0 saturated heterocycles. The number of carbonyl (C=O) groups is 1. The predicted molar refractivity (Wildman–Crippen MR) is 52.4 cm³/mol. The van der Waals surface area contributed by atoms with Crippen molar-refractivity contribution in [2.75, 3.05) is 7.11 Å². The van der Waals surface area contributed by atoms with Crippen LogP contribution in [-0.4, -0.2) is 23.0 Å². The average molecular weight is 211 g/mol. The van der Waals surface area contributed by atoms with Gasteiger partial charge in [-0.15, -0.1) is 0 Å². The molecule has 0 spiro atoms. The maximum absolute atomic E-state index is 11.2. The summed E-state index contributed by atoms with van der Waals surface area (Å²) in [6, 6.07) is 3.32. The number of methoxy groups -OCH3 is 1. The number of H-pyrrole nitrogens is 1. The van der Waals surface area contributed by atoms with Crippen LogP contribution in [-0.2, 0) is 4.74 Å². The van der Waals surface area contributed by atoms with E-state index >= 15 is 0 Å². The number of fused-ring (bicyclic) bond motifs is 1. The summed E-state index contributed by atoms with van der Waals surface area (Å²) >= 11 is 5.85. The molecule has 0 aliphatic heterocycles. The smallest absolute Gasteiger partial charge is 0.356 e. The molecule has 0 amide bonds. The van der Waals surface area contributed by atoms with Crippen LogP contribution in [0.15, 0.2) is 18.3 Å². The molecule has 2 rings (SSSR count). The SMILES string of the molecule is COC(=O)c1ccc2[nH]cc(Cl)c2n1. The minimum Gasteiger partial charge on any atom is -0.464 e. The van der Waals surface area contributed by atoms with Crippen LogP contribution >= 0.6 is 11.6 Å². The molecular formula is C9H7ClN2O2. The standard InChI is InChI=1S/C9H7ClN2O2/c1-14-9(13)7-3-2-6-8(12-7)5(10)4-11-6/h2-4,11H,1H3. The second-order valence-corrected chi connectivity index (χ2v) is 3.13. The Bertz CT molecular complexity index is 493. The summed E-state index contributed by atoms with van der Waals surface area (Å²) < 4.78 is 4.55. The number of halogens is 1. The largest absolute Gasteiger partial charge is 0.464 e. The van der Waals surface area contributed by atoms with E-state index < -0.39 is 5.97 Å². The molecule has 2 aromatic heterocycles. The second-order valence-electron chi connectivity index (χ2n) is 2.72. The number of esters is 1. The van der Waals surface area contributed by atoms with E-state index in [4.69, 9.17) is 11.6 Å². The van der Waals surface area contributed by atoms with Gasteiger partial charge in [-0.3, -0.25) is 0 Å². The van der Waals surface area contributed by atoms with Crippen molar-refractivity contribution in [2.45, 2.75) is 0 Å². The molecule has 4 nitrogen and oxygen atoms in total. The number of aromatic nitrogens is 2. The maximum Gasteiger partial charge on any atom is 0.356 e. The molecule has 0 aromatic carbocycles. The van der Waals surface area contributed by atoms with Gasteiger partial charge in [0.15, 0.2) is 0 Å². The van der Waals surface area contributed by atoms with Gasteiger partial charge in [-0.05, 0) is 12.1 Å². The first-order valence-electron chi connectivity index (χ1n) is 3.94. The van der Waals surface area contributed by atoms with Crippen LogP contribution in [0.1, 0.15) is 10.5 Å². The maximum atomic E-state index is 11.2. The van der Waals surface area contributed by atoms with Crippen LogP contribution in [0.5, 0.6) is 0 Å². The third-order valence-electron chi connectivity index (χ3n) is 1.87. The first-order valence-corrected chi connectivity index (χ1v) is 4.32. The number of nitrogens with one attached hydrogen (secondary N) is 1. The van der Waals surface area contributed by atoms with Gasteiger partial charge >= 0.3 is 5.97 Å². The number of aromatic amines is 1. The van der Waals surface area contributed by atoms with Crippen LogP contribution in [0.25, 0.3) is 11.0 Å². The Balaban J connectivity index is 2.60. The molecule has 0 radical (unpaired) electrons. The number of carbonyl (C=O) groups excluding carboxylic acids is 1. The summed E-state index contributed by atoms with van der Waals surface area (Å²) in [4.78, 5) is 18.1. The van der Waals surface area contributed by atoms with Crippen molar-refractivity contribution in [3.63, 3.8) is 0 Å². The van der Waals surface area contributed by atoms with Crippen LogP contribution < -0.4 is 0 Å². The molecule has 0 bridgehead atoms. The zero-order valence-electron chi connectivity index (χ0n) is 7.37. The van der Waals surface area contributed by atoms with Gasteiger partial charge in [-0.25, -0.2) is 9.78 Å². The van der Waals surface area contributed by atoms with E-state index in [9.17, 15) is 4.79 Å². The number of rotatable bonds is 1. The van der Waals surface area contributed by atoms with Gasteiger partial charge < -0.3 is 9.72 Å². The van der Waals surface area contributed by atoms with Crippen LogP contribution in [0, 0.1) is 0 Å². The van der Waals surface area contributed by atoms with Gasteiger partial charge in [0.25, 0.3) is 0 Å². The Morgan fingerprint density at radius 1 is 1.57 bits per heavy atom. The van der Waals surface area contributed by atoms with Crippen LogP contribution in [0.2, 0.25) is 5.02 Å². The van der Waals surface area contributed by atoms with Crippen molar-refractivity contribution >= 4 is 28.6 Å². The van der Waals surface area contributed by atoms with Gasteiger partial charge in [0.05, 0.1) is 17.6 Å². The molecule has 14 heavy (non-hydrogen) atoms. The van der Waals surface area contributed by atoms with Crippen molar-refractivity contribution in [2.24, 2.45) is 0 Å². The molecule has 72 valence electrons. The summed E-state index contributed by atoms with van der Waals surface area (Å²) in [5.74, 6) is -0.468. The number of hydrogen-bond donors (Lipinski definition) is 1. The van der Waals surface area contributed by atoms with Crippen molar-refractivity contribution in [3.05, 3.63) is 29.0 Å². The van der Waals surface area contributed by atoms with E-state index in [1.54, 1.807) is 18.3 Å². The van der Waals surface area contributed by atoms with Gasteiger partial charge in [0.1, 0.15) is 11.2 Å². The molecule has 2 aromatic rings. The van der Waals surface area contributed by atoms with Crippen molar-refractivity contribution in [3.8, 4) is 0 Å². The second kappa shape index (κ2) is 3.31. The molecule has 0 atom stereocenters. The summed E-state index contributed by atoms with van der Waals surface area (Å²) in [6.07, 6.45) is 1.63. The summed E-state index contributed by atoms with van der Waals surface area (Å²) in [5, 5.41) is 0.491. The lowest BCUT2D eigenvalue weighted by Crippen LogP contribution is -2.03. The lowest BCUT2D eigenvalue weighted by molar-refractivity contribution is 0.0594. The van der Waals surface area contributed by atoms with Crippen molar-refractivity contribution in [1.82, 2.24) is 9.97 Å². The Morgan fingerprint density at radius 3 is 3.07 bits per heavy atom. The highest BCUT2D eigenvalue weighted by molar-refractivity contribution is 6.35. The predicted octanol–water partition coefficient (Wildman–Crippen LogP) is 2.00. The fraction of sp³-hybridized carbons (Fsp3) is 0.111. The van der Waals surface area contributed by atoms with E-state index in [-0.39, 0.29) is 5.69 Å². The zero-order valence-corrected chi connectivity index (χ0v) is 8.13. The first-order chi connectivity index (χ1) is 6.72. The third kappa shape index (κ3) is 1.33. The Hall–Kier alpha value is -1.55. The topological polar surface area (TPSA) is 55.0 Å². The van der Waals surface area contributed by atoms with E-state index in [1.165, 1.54) is 7.11 Å². The van der Waals surface area contributed by atoms with Gasteiger partial charge in [0.2, 0.25) is 0 Å². The van der Waals surface area contributed by atoms with Crippen molar-refractivity contribution < 1.29 is 9.53 Å². The van der Waals surface area contributed by atoms with E-state index in [0.29, 0.717) is 10.5 Å². The lowest BCUT2D eigenvalue weighted by atomic mass is 10.3. The quantitative estimate of drug-likeness (QED) is 0.733. The van der Waals surface area contributed by atoms with Gasteiger partial charge in [-0.2, -0.15) is 0 Å². The normalized spacial score (nSPS) is 10.4. The van der Waals surface area contributed by atoms with E-state index in [2.05, 4.69) is 14.7 Å². The highest BCUT2D eigenvalue weighted by Gasteiger charge is 2.09. The lowest BCUT2D eigenvalue weighted by Gasteiger charge is -1.97. The summed E-state index contributed by atoms with van der Waals surface area (Å²) in [5.41, 5.74) is 1.62. The molecule has 1 N–H and O–H groups in total. The van der Waals surface area contributed by atoms with E-state index in [1.807, 2.05) is 0 Å². The highest BCUT2D eigenvalue weighted by atomic mass is 35.5. The monoisotopic (exact) mass is 210 g/mol. The summed E-state index contributed by atoms with van der Waals surface area (Å²) in [6.45, 7) is 0. The third-order valence-corrected chi connectivity index (χ3v) is 2.16. The number of hydrogen-bond acceptors (Lipinski definition) is 3. The summed E-state index contributed by atoms with van der Waals surface area (Å²) in [7, 11) is 1.31. The number of nitrogens with zero attached hydrogens (tertiary/aromatic N) is 1. The first kappa shape index (κ1) is 9.02. The van der Waals surface area contributed by atoms with Crippen LogP contribution in [0.3, 0.4) is 0 Å². The van der Waals surface area contributed by atoms with Crippen molar-refractivity contribution in [1.29, 1.82) is 0 Å². The minimum atomic E-state index is -0.468. The number of ether oxygens (including phenoxy) is 1. The molecule has 0 unspecified atom stereocenters.